The van der Waals surface area contributed by atoms with E-state index < -0.39 is 5.54 Å². The molecule has 29 heavy (non-hydrogen) atoms. The highest BCUT2D eigenvalue weighted by molar-refractivity contribution is 5.82. The third kappa shape index (κ3) is 5.49. The molecule has 1 unspecified atom stereocenters. The SMILES string of the molecule is CCN(CC)C(=O)CN1CCN(C(C)C(=O)N(C)C2(C#N)CCC(C)CC2)CC1. The molecule has 0 bridgehead atoms. The molecule has 2 amide bonds. The number of amides is 2. The molecule has 7 heteroatoms. The molecule has 1 atom stereocenters. The third-order valence-electron chi connectivity index (χ3n) is 7.07. The van der Waals surface area contributed by atoms with Crippen LogP contribution in [-0.4, -0.2) is 95.9 Å². The fourth-order valence-corrected chi connectivity index (χ4v) is 4.59. The van der Waals surface area contributed by atoms with Gasteiger partial charge in [-0.2, -0.15) is 5.26 Å². The summed E-state index contributed by atoms with van der Waals surface area (Å²) in [6, 6.07) is 2.22. The molecule has 2 aliphatic rings. The van der Waals surface area contributed by atoms with Crippen LogP contribution in [0.4, 0.5) is 0 Å². The Bertz CT molecular complexity index is 597. The summed E-state index contributed by atoms with van der Waals surface area (Å²) in [5.41, 5.74) is -0.657. The quantitative estimate of drug-likeness (QED) is 0.646. The summed E-state index contributed by atoms with van der Waals surface area (Å²) in [5, 5.41) is 9.84. The van der Waals surface area contributed by atoms with Crippen LogP contribution in [0.1, 0.15) is 53.4 Å². The van der Waals surface area contributed by atoms with Crippen LogP contribution in [0, 0.1) is 17.2 Å². The van der Waals surface area contributed by atoms with Gasteiger partial charge in [-0.1, -0.05) is 6.92 Å². The fourth-order valence-electron chi connectivity index (χ4n) is 4.59. The Morgan fingerprint density at radius 1 is 1.14 bits per heavy atom. The minimum Gasteiger partial charge on any atom is -0.342 e. The Morgan fingerprint density at radius 3 is 2.17 bits per heavy atom. The molecule has 164 valence electrons. The maximum atomic E-state index is 13.2. The van der Waals surface area contributed by atoms with Gasteiger partial charge in [0.05, 0.1) is 18.7 Å². The first kappa shape index (κ1) is 23.6. The van der Waals surface area contributed by atoms with E-state index in [1.54, 1.807) is 11.9 Å². The van der Waals surface area contributed by atoms with E-state index >= 15 is 0 Å². The number of piperazine rings is 1. The van der Waals surface area contributed by atoms with Gasteiger partial charge >= 0.3 is 0 Å². The predicted octanol–water partition coefficient (Wildman–Crippen LogP) is 1.79. The van der Waals surface area contributed by atoms with Crippen LogP contribution >= 0.6 is 0 Å². The predicted molar refractivity (Wildman–Crippen MR) is 114 cm³/mol. The van der Waals surface area contributed by atoms with Gasteiger partial charge in [0.15, 0.2) is 0 Å². The summed E-state index contributed by atoms with van der Waals surface area (Å²) in [5.74, 6) is 0.841. The molecule has 1 saturated carbocycles. The van der Waals surface area contributed by atoms with Gasteiger partial charge in [-0.25, -0.2) is 0 Å². The smallest absolute Gasteiger partial charge is 0.240 e. The van der Waals surface area contributed by atoms with Gasteiger partial charge in [0.2, 0.25) is 11.8 Å². The number of carbonyl (C=O) groups excluding carboxylic acids is 2. The molecule has 0 N–H and O–H groups in total. The van der Waals surface area contributed by atoms with Gasteiger partial charge in [0, 0.05) is 46.3 Å². The van der Waals surface area contributed by atoms with Crippen molar-refractivity contribution in [2.75, 3.05) is 52.9 Å². The minimum absolute atomic E-state index is 0.0359. The van der Waals surface area contributed by atoms with E-state index in [4.69, 9.17) is 0 Å². The molecule has 2 fully saturated rings. The largest absolute Gasteiger partial charge is 0.342 e. The Kier molecular flexibility index (Phi) is 8.47. The lowest BCUT2D eigenvalue weighted by atomic mass is 9.77. The molecule has 0 aromatic rings. The zero-order valence-corrected chi connectivity index (χ0v) is 19.0. The monoisotopic (exact) mass is 405 g/mol. The summed E-state index contributed by atoms with van der Waals surface area (Å²) >= 11 is 0. The van der Waals surface area contributed by atoms with Crippen molar-refractivity contribution in [3.8, 4) is 6.07 Å². The van der Waals surface area contributed by atoms with Crippen LogP contribution < -0.4 is 0 Å². The van der Waals surface area contributed by atoms with Crippen LogP contribution in [0.2, 0.25) is 0 Å². The molecule has 0 aromatic carbocycles. The van der Waals surface area contributed by atoms with Crippen molar-refractivity contribution >= 4 is 11.8 Å². The number of rotatable bonds is 7. The molecule has 1 saturated heterocycles. The second-order valence-electron chi connectivity index (χ2n) is 8.78. The average molecular weight is 406 g/mol. The molecule has 7 nitrogen and oxygen atoms in total. The highest BCUT2D eigenvalue weighted by Crippen LogP contribution is 2.35. The van der Waals surface area contributed by atoms with E-state index in [9.17, 15) is 14.9 Å². The topological polar surface area (TPSA) is 70.9 Å². The fraction of sp³-hybridized carbons (Fsp3) is 0.864. The van der Waals surface area contributed by atoms with Gasteiger partial charge in [0.1, 0.15) is 5.54 Å². The van der Waals surface area contributed by atoms with Crippen molar-refractivity contribution in [2.45, 2.75) is 65.0 Å². The molecule has 0 spiro atoms. The van der Waals surface area contributed by atoms with Crippen molar-refractivity contribution < 1.29 is 9.59 Å². The first-order valence-electron chi connectivity index (χ1n) is 11.2. The second-order valence-corrected chi connectivity index (χ2v) is 8.78. The van der Waals surface area contributed by atoms with E-state index in [1.807, 2.05) is 25.7 Å². The molecule has 1 aliphatic heterocycles. The van der Waals surface area contributed by atoms with Crippen LogP contribution in [0.3, 0.4) is 0 Å². The molecule has 0 aromatic heterocycles. The number of carbonyl (C=O) groups is 2. The number of hydrogen-bond acceptors (Lipinski definition) is 5. The van der Waals surface area contributed by atoms with E-state index in [0.29, 0.717) is 12.5 Å². The highest BCUT2D eigenvalue weighted by atomic mass is 16.2. The maximum Gasteiger partial charge on any atom is 0.240 e. The van der Waals surface area contributed by atoms with E-state index in [0.717, 1.165) is 65.0 Å². The number of nitrogens with zero attached hydrogens (tertiary/aromatic N) is 5. The number of likely N-dealkylation sites (N-methyl/N-ethyl adjacent to an activating group) is 2. The van der Waals surface area contributed by atoms with Crippen molar-refractivity contribution in [3.63, 3.8) is 0 Å². The molecular weight excluding hydrogens is 366 g/mol. The standard InChI is InChI=1S/C22H39N5O2/c1-6-26(7-2)20(28)16-25-12-14-27(15-13-25)19(4)21(29)24(5)22(17-23)10-8-18(3)9-11-22/h18-19H,6-16H2,1-5H3. The van der Waals surface area contributed by atoms with Crippen LogP contribution in [-0.2, 0) is 9.59 Å². The lowest BCUT2D eigenvalue weighted by molar-refractivity contribution is -0.142. The Hall–Kier alpha value is -1.65. The van der Waals surface area contributed by atoms with Crippen LogP contribution in [0.15, 0.2) is 0 Å². The molecule has 1 heterocycles. The molecule has 1 aliphatic carbocycles. The molecule has 0 radical (unpaired) electrons. The van der Waals surface area contributed by atoms with E-state index in [1.165, 1.54) is 0 Å². The number of nitriles is 1. The van der Waals surface area contributed by atoms with Gasteiger partial charge in [-0.3, -0.25) is 19.4 Å². The summed E-state index contributed by atoms with van der Waals surface area (Å²) in [6.45, 7) is 13.2. The molecule has 2 rings (SSSR count). The van der Waals surface area contributed by atoms with E-state index in [2.05, 4.69) is 22.8 Å². The Morgan fingerprint density at radius 2 is 1.69 bits per heavy atom. The van der Waals surface area contributed by atoms with Crippen molar-refractivity contribution in [1.82, 2.24) is 19.6 Å². The second kappa shape index (κ2) is 10.4. The lowest BCUT2D eigenvalue weighted by Crippen LogP contribution is -2.59. The summed E-state index contributed by atoms with van der Waals surface area (Å²) < 4.78 is 0. The molecular formula is C22H39N5O2. The summed E-state index contributed by atoms with van der Waals surface area (Å²) in [6.07, 6.45) is 3.53. The van der Waals surface area contributed by atoms with Gasteiger partial charge < -0.3 is 9.80 Å². The minimum atomic E-state index is -0.657. The average Bonchev–Trinajstić information content (AvgIpc) is 2.74. The first-order chi connectivity index (χ1) is 13.8. The first-order valence-corrected chi connectivity index (χ1v) is 11.2. The van der Waals surface area contributed by atoms with Crippen LogP contribution in [0.5, 0.6) is 0 Å². The summed E-state index contributed by atoms with van der Waals surface area (Å²) in [7, 11) is 1.80. The zero-order valence-electron chi connectivity index (χ0n) is 19.0. The lowest BCUT2D eigenvalue weighted by Gasteiger charge is -2.44. The van der Waals surface area contributed by atoms with Gasteiger partial charge in [0.25, 0.3) is 0 Å². The zero-order chi connectivity index (χ0) is 21.6. The van der Waals surface area contributed by atoms with Crippen LogP contribution in [0.25, 0.3) is 0 Å². The Balaban J connectivity index is 1.89. The van der Waals surface area contributed by atoms with E-state index in [-0.39, 0.29) is 17.9 Å². The van der Waals surface area contributed by atoms with Crippen molar-refractivity contribution in [3.05, 3.63) is 0 Å². The highest BCUT2D eigenvalue weighted by Gasteiger charge is 2.42. The van der Waals surface area contributed by atoms with Crippen molar-refractivity contribution in [1.29, 1.82) is 5.26 Å². The van der Waals surface area contributed by atoms with Gasteiger partial charge in [-0.05, 0) is 52.4 Å². The van der Waals surface area contributed by atoms with Crippen molar-refractivity contribution in [2.24, 2.45) is 5.92 Å². The third-order valence-corrected chi connectivity index (χ3v) is 7.07. The van der Waals surface area contributed by atoms with Gasteiger partial charge in [-0.15, -0.1) is 0 Å². The normalized spacial score (nSPS) is 27.1. The maximum absolute atomic E-state index is 13.2. The Labute approximate surface area is 176 Å². The number of hydrogen-bond donors (Lipinski definition) is 0. The summed E-state index contributed by atoms with van der Waals surface area (Å²) in [4.78, 5) is 33.5.